The Hall–Kier alpha value is -2.61. The second kappa shape index (κ2) is 5.36. The van der Waals surface area contributed by atoms with Crippen molar-refractivity contribution in [1.82, 2.24) is 20.3 Å². The van der Waals surface area contributed by atoms with Crippen LogP contribution in [0, 0.1) is 26.2 Å². The first kappa shape index (κ1) is 12.8. The molecule has 0 bridgehead atoms. The van der Waals surface area contributed by atoms with Gasteiger partial charge in [0.1, 0.15) is 0 Å². The first-order valence-electron chi connectivity index (χ1n) is 5.84. The number of aromatic nitrogens is 3. The SMILES string of the molecule is C#CCNC(=O)c1nnn(-c2ccc(C)cc2)c1C. The number of nitrogens with one attached hydrogen (secondary N) is 1. The third-order valence-corrected chi connectivity index (χ3v) is 2.74. The van der Waals surface area contributed by atoms with E-state index in [-0.39, 0.29) is 18.1 Å². The Morgan fingerprint density at radius 2 is 2.05 bits per heavy atom. The molecule has 0 radical (unpaired) electrons. The van der Waals surface area contributed by atoms with E-state index in [4.69, 9.17) is 6.42 Å². The lowest BCUT2D eigenvalue weighted by Crippen LogP contribution is -2.24. The minimum absolute atomic E-state index is 0.176. The van der Waals surface area contributed by atoms with Crippen LogP contribution < -0.4 is 5.32 Å². The number of carbonyl (C=O) groups is 1. The predicted octanol–water partition coefficient (Wildman–Crippen LogP) is 1.25. The van der Waals surface area contributed by atoms with Gasteiger partial charge in [0, 0.05) is 0 Å². The Morgan fingerprint density at radius 1 is 1.37 bits per heavy atom. The van der Waals surface area contributed by atoms with Crippen LogP contribution in [0.3, 0.4) is 0 Å². The maximum atomic E-state index is 11.8. The zero-order valence-electron chi connectivity index (χ0n) is 10.8. The summed E-state index contributed by atoms with van der Waals surface area (Å²) in [4.78, 5) is 11.8. The van der Waals surface area contributed by atoms with Gasteiger partial charge in [-0.25, -0.2) is 4.68 Å². The Bertz CT molecular complexity index is 634. The lowest BCUT2D eigenvalue weighted by atomic mass is 10.2. The van der Waals surface area contributed by atoms with Gasteiger partial charge in [0.15, 0.2) is 5.69 Å². The third-order valence-electron chi connectivity index (χ3n) is 2.74. The minimum atomic E-state index is -0.311. The number of hydrogen-bond donors (Lipinski definition) is 1. The maximum Gasteiger partial charge on any atom is 0.274 e. The summed E-state index contributed by atoms with van der Waals surface area (Å²) < 4.78 is 1.63. The average Bonchev–Trinajstić information content (AvgIpc) is 2.79. The van der Waals surface area contributed by atoms with Crippen LogP contribution in [0.25, 0.3) is 5.69 Å². The topological polar surface area (TPSA) is 59.8 Å². The number of aryl methyl sites for hydroxylation is 1. The zero-order chi connectivity index (χ0) is 13.8. The zero-order valence-corrected chi connectivity index (χ0v) is 10.8. The van der Waals surface area contributed by atoms with Crippen LogP contribution in [0.4, 0.5) is 0 Å². The van der Waals surface area contributed by atoms with Gasteiger partial charge < -0.3 is 5.32 Å². The molecule has 0 aliphatic heterocycles. The van der Waals surface area contributed by atoms with E-state index in [2.05, 4.69) is 21.5 Å². The van der Waals surface area contributed by atoms with Gasteiger partial charge in [0.25, 0.3) is 5.91 Å². The molecule has 1 N–H and O–H groups in total. The molecule has 0 fully saturated rings. The van der Waals surface area contributed by atoms with Crippen molar-refractivity contribution in [1.29, 1.82) is 0 Å². The van der Waals surface area contributed by atoms with Crippen molar-refractivity contribution >= 4 is 5.91 Å². The molecule has 0 atom stereocenters. The largest absolute Gasteiger partial charge is 0.340 e. The molecule has 96 valence electrons. The normalized spacial score (nSPS) is 9.95. The summed E-state index contributed by atoms with van der Waals surface area (Å²) in [5.74, 6) is 2.03. The van der Waals surface area contributed by atoms with E-state index in [9.17, 15) is 4.79 Å². The molecule has 1 amide bonds. The molecular formula is C14H14N4O. The van der Waals surface area contributed by atoms with Crippen molar-refractivity contribution in [3.05, 3.63) is 41.2 Å². The molecule has 0 unspecified atom stereocenters. The molecule has 5 nitrogen and oxygen atoms in total. The Kier molecular flexibility index (Phi) is 3.62. The smallest absolute Gasteiger partial charge is 0.274 e. The van der Waals surface area contributed by atoms with Gasteiger partial charge in [-0.15, -0.1) is 11.5 Å². The number of amides is 1. The fourth-order valence-electron chi connectivity index (χ4n) is 1.69. The van der Waals surface area contributed by atoms with E-state index in [1.165, 1.54) is 0 Å². The van der Waals surface area contributed by atoms with Gasteiger partial charge in [0.05, 0.1) is 17.9 Å². The molecule has 1 aromatic carbocycles. The lowest BCUT2D eigenvalue weighted by Gasteiger charge is -2.04. The van der Waals surface area contributed by atoms with Crippen LogP contribution in [-0.2, 0) is 0 Å². The van der Waals surface area contributed by atoms with Gasteiger partial charge in [-0.3, -0.25) is 4.79 Å². The van der Waals surface area contributed by atoms with Crippen molar-refractivity contribution < 1.29 is 4.79 Å². The third kappa shape index (κ3) is 2.63. The number of rotatable bonds is 3. The van der Waals surface area contributed by atoms with Crippen LogP contribution in [0.1, 0.15) is 21.7 Å². The molecule has 0 spiro atoms. The van der Waals surface area contributed by atoms with Crippen molar-refractivity contribution in [3.8, 4) is 18.0 Å². The van der Waals surface area contributed by atoms with Gasteiger partial charge in [-0.1, -0.05) is 28.8 Å². The standard InChI is InChI=1S/C14H14N4O/c1-4-9-15-14(19)13-11(3)18(17-16-13)12-7-5-10(2)6-8-12/h1,5-8H,9H2,2-3H3,(H,15,19). The molecule has 0 saturated heterocycles. The van der Waals surface area contributed by atoms with Crippen molar-refractivity contribution in [2.75, 3.05) is 6.54 Å². The van der Waals surface area contributed by atoms with Crippen LogP contribution in [0.2, 0.25) is 0 Å². The molecule has 5 heteroatoms. The Labute approximate surface area is 111 Å². The number of hydrogen-bond acceptors (Lipinski definition) is 3. The maximum absolute atomic E-state index is 11.8. The summed E-state index contributed by atoms with van der Waals surface area (Å²) >= 11 is 0. The number of benzene rings is 1. The highest BCUT2D eigenvalue weighted by atomic mass is 16.2. The van der Waals surface area contributed by atoms with Crippen LogP contribution in [0.15, 0.2) is 24.3 Å². The number of nitrogens with zero attached hydrogens (tertiary/aromatic N) is 3. The van der Waals surface area contributed by atoms with Crippen LogP contribution >= 0.6 is 0 Å². The number of terminal acetylenes is 1. The quantitative estimate of drug-likeness (QED) is 0.838. The van der Waals surface area contributed by atoms with E-state index in [0.29, 0.717) is 5.69 Å². The van der Waals surface area contributed by atoms with Crippen LogP contribution in [-0.4, -0.2) is 27.4 Å². The second-order valence-electron chi connectivity index (χ2n) is 4.16. The van der Waals surface area contributed by atoms with E-state index in [0.717, 1.165) is 11.3 Å². The minimum Gasteiger partial charge on any atom is -0.340 e. The second-order valence-corrected chi connectivity index (χ2v) is 4.16. The van der Waals surface area contributed by atoms with Gasteiger partial charge in [-0.05, 0) is 26.0 Å². The van der Waals surface area contributed by atoms with Gasteiger partial charge in [-0.2, -0.15) is 0 Å². The molecule has 19 heavy (non-hydrogen) atoms. The lowest BCUT2D eigenvalue weighted by molar-refractivity contribution is 0.0953. The van der Waals surface area contributed by atoms with Gasteiger partial charge in [0.2, 0.25) is 0 Å². The van der Waals surface area contributed by atoms with Crippen molar-refractivity contribution in [3.63, 3.8) is 0 Å². The molecule has 2 aromatic rings. The summed E-state index contributed by atoms with van der Waals surface area (Å²) in [7, 11) is 0. The summed E-state index contributed by atoms with van der Waals surface area (Å²) in [6.07, 6.45) is 5.10. The fourth-order valence-corrected chi connectivity index (χ4v) is 1.69. The van der Waals surface area contributed by atoms with E-state index < -0.39 is 0 Å². The van der Waals surface area contributed by atoms with Crippen molar-refractivity contribution in [2.45, 2.75) is 13.8 Å². The highest BCUT2D eigenvalue weighted by Crippen LogP contribution is 2.12. The molecule has 0 aliphatic carbocycles. The highest BCUT2D eigenvalue weighted by Gasteiger charge is 2.16. The monoisotopic (exact) mass is 254 g/mol. The fraction of sp³-hybridized carbons (Fsp3) is 0.214. The molecule has 0 saturated carbocycles. The molecule has 2 rings (SSSR count). The Balaban J connectivity index is 2.30. The van der Waals surface area contributed by atoms with E-state index >= 15 is 0 Å². The van der Waals surface area contributed by atoms with E-state index in [1.807, 2.05) is 31.2 Å². The summed E-state index contributed by atoms with van der Waals surface area (Å²) in [5.41, 5.74) is 2.99. The molecule has 1 heterocycles. The van der Waals surface area contributed by atoms with E-state index in [1.54, 1.807) is 11.6 Å². The van der Waals surface area contributed by atoms with Crippen LogP contribution in [0.5, 0.6) is 0 Å². The predicted molar refractivity (Wildman–Crippen MR) is 72.0 cm³/mol. The first-order chi connectivity index (χ1) is 9.13. The number of carbonyl (C=O) groups excluding carboxylic acids is 1. The summed E-state index contributed by atoms with van der Waals surface area (Å²) in [6, 6.07) is 7.82. The van der Waals surface area contributed by atoms with Gasteiger partial charge >= 0.3 is 0 Å². The van der Waals surface area contributed by atoms with Crippen molar-refractivity contribution in [2.24, 2.45) is 0 Å². The highest BCUT2D eigenvalue weighted by molar-refractivity contribution is 5.93. The summed E-state index contributed by atoms with van der Waals surface area (Å²) in [5, 5.41) is 10.5. The molecule has 0 aliphatic rings. The summed E-state index contributed by atoms with van der Waals surface area (Å²) in [6.45, 7) is 3.98. The first-order valence-corrected chi connectivity index (χ1v) is 5.84. The molecular weight excluding hydrogens is 240 g/mol. The Morgan fingerprint density at radius 3 is 2.68 bits per heavy atom. The average molecular weight is 254 g/mol. The molecule has 1 aromatic heterocycles.